The van der Waals surface area contributed by atoms with E-state index in [0.29, 0.717) is 41.8 Å². The number of likely N-dealkylation sites (tertiary alicyclic amines) is 1. The number of halogens is 1. The molecule has 8 nitrogen and oxygen atoms in total. The molecular weight excluding hydrogens is 390 g/mol. The van der Waals surface area contributed by atoms with Gasteiger partial charge >= 0.3 is 6.03 Å². The smallest absolute Gasteiger partial charge is 0.325 e. The first-order chi connectivity index (χ1) is 12.9. The Morgan fingerprint density at radius 3 is 2.44 bits per heavy atom. The number of urea groups is 1. The summed E-state index contributed by atoms with van der Waals surface area (Å²) in [4.78, 5) is 41.6. The third-order valence-corrected chi connectivity index (χ3v) is 5.24. The number of anilines is 2. The summed E-state index contributed by atoms with van der Waals surface area (Å²) in [6, 6.07) is 6.22. The van der Waals surface area contributed by atoms with E-state index >= 15 is 0 Å². The average Bonchev–Trinajstić information content (AvgIpc) is 3.11. The molecule has 2 heterocycles. The largest absolute Gasteiger partial charge is 0.369 e. The summed E-state index contributed by atoms with van der Waals surface area (Å²) < 4.78 is 0. The van der Waals surface area contributed by atoms with Gasteiger partial charge in [-0.3, -0.25) is 14.9 Å². The standard InChI is InChI=1S/C17H18ClN5O3S/c18-11-1-3-12(4-2-11)20-16(26)22-17-21-13(9-27-17)15(25)23-7-5-10(6-8-23)14(19)24/h1-4,9-10H,5-8H2,(H2,19,24)(H2,20,21,22,26). The lowest BCUT2D eigenvalue weighted by molar-refractivity contribution is -0.123. The summed E-state index contributed by atoms with van der Waals surface area (Å²) in [6.07, 6.45) is 1.11. The lowest BCUT2D eigenvalue weighted by Crippen LogP contribution is -2.41. The van der Waals surface area contributed by atoms with Crippen LogP contribution >= 0.6 is 22.9 Å². The van der Waals surface area contributed by atoms with Gasteiger partial charge in [-0.2, -0.15) is 0 Å². The van der Waals surface area contributed by atoms with Gasteiger partial charge in [-0.25, -0.2) is 9.78 Å². The summed E-state index contributed by atoms with van der Waals surface area (Å²) in [7, 11) is 0. The van der Waals surface area contributed by atoms with E-state index in [0.717, 1.165) is 11.3 Å². The van der Waals surface area contributed by atoms with E-state index in [-0.39, 0.29) is 23.4 Å². The van der Waals surface area contributed by atoms with E-state index in [2.05, 4.69) is 15.6 Å². The molecule has 0 bridgehead atoms. The van der Waals surface area contributed by atoms with Crippen LogP contribution in [0.2, 0.25) is 5.02 Å². The molecule has 0 unspecified atom stereocenters. The van der Waals surface area contributed by atoms with E-state index < -0.39 is 6.03 Å². The van der Waals surface area contributed by atoms with Gasteiger partial charge in [0.2, 0.25) is 5.91 Å². The fraction of sp³-hybridized carbons (Fsp3) is 0.294. The first-order valence-electron chi connectivity index (χ1n) is 8.30. The number of thiazole rings is 1. The zero-order valence-electron chi connectivity index (χ0n) is 14.3. The van der Waals surface area contributed by atoms with Crippen LogP contribution in [0.15, 0.2) is 29.6 Å². The molecule has 0 saturated carbocycles. The lowest BCUT2D eigenvalue weighted by atomic mass is 9.96. The molecule has 0 aliphatic carbocycles. The van der Waals surface area contributed by atoms with Gasteiger partial charge in [0.25, 0.3) is 5.91 Å². The minimum Gasteiger partial charge on any atom is -0.369 e. The van der Waals surface area contributed by atoms with Crippen LogP contribution < -0.4 is 16.4 Å². The van der Waals surface area contributed by atoms with Gasteiger partial charge in [0.15, 0.2) is 5.13 Å². The van der Waals surface area contributed by atoms with Crippen LogP contribution in [0.5, 0.6) is 0 Å². The molecule has 0 radical (unpaired) electrons. The van der Waals surface area contributed by atoms with Gasteiger partial charge in [-0.15, -0.1) is 11.3 Å². The number of rotatable bonds is 4. The molecule has 0 spiro atoms. The molecular formula is C17H18ClN5O3S. The molecule has 1 aromatic carbocycles. The Balaban J connectivity index is 1.54. The maximum absolute atomic E-state index is 12.5. The van der Waals surface area contributed by atoms with E-state index in [1.807, 2.05) is 0 Å². The highest BCUT2D eigenvalue weighted by Gasteiger charge is 2.27. The van der Waals surface area contributed by atoms with E-state index in [1.165, 1.54) is 0 Å². The van der Waals surface area contributed by atoms with Crippen molar-refractivity contribution in [3.63, 3.8) is 0 Å². The summed E-state index contributed by atoms with van der Waals surface area (Å²) >= 11 is 6.97. The first-order valence-corrected chi connectivity index (χ1v) is 9.56. The van der Waals surface area contributed by atoms with Crippen LogP contribution in [0, 0.1) is 5.92 Å². The molecule has 1 aromatic heterocycles. The second-order valence-corrected chi connectivity index (χ2v) is 7.39. The summed E-state index contributed by atoms with van der Waals surface area (Å²) in [5.41, 5.74) is 6.15. The third-order valence-electron chi connectivity index (χ3n) is 4.23. The molecule has 3 rings (SSSR count). The highest BCUT2D eigenvalue weighted by molar-refractivity contribution is 7.14. The minimum absolute atomic E-state index is 0.182. The van der Waals surface area contributed by atoms with Crippen LogP contribution in [-0.4, -0.2) is 40.8 Å². The Labute approximate surface area is 164 Å². The molecule has 1 fully saturated rings. The highest BCUT2D eigenvalue weighted by Crippen LogP contribution is 2.21. The normalized spacial score (nSPS) is 14.6. The number of nitrogens with two attached hydrogens (primary N) is 1. The maximum Gasteiger partial charge on any atom is 0.325 e. The van der Waals surface area contributed by atoms with Crippen molar-refractivity contribution in [2.75, 3.05) is 23.7 Å². The van der Waals surface area contributed by atoms with Crippen molar-refractivity contribution in [2.45, 2.75) is 12.8 Å². The SMILES string of the molecule is NC(=O)C1CCN(C(=O)c2csc(NC(=O)Nc3ccc(Cl)cc3)n2)CC1. The van der Waals surface area contributed by atoms with Crippen molar-refractivity contribution in [1.29, 1.82) is 0 Å². The molecule has 0 atom stereocenters. The molecule has 2 aromatic rings. The third kappa shape index (κ3) is 4.95. The van der Waals surface area contributed by atoms with Crippen molar-refractivity contribution in [3.05, 3.63) is 40.4 Å². The van der Waals surface area contributed by atoms with Crippen molar-refractivity contribution >= 4 is 51.6 Å². The number of nitrogens with zero attached hydrogens (tertiary/aromatic N) is 2. The Hall–Kier alpha value is -2.65. The molecule has 1 aliphatic rings. The maximum atomic E-state index is 12.5. The predicted octanol–water partition coefficient (Wildman–Crippen LogP) is 2.78. The van der Waals surface area contributed by atoms with Crippen molar-refractivity contribution in [3.8, 4) is 0 Å². The van der Waals surface area contributed by atoms with Gasteiger partial charge in [0.1, 0.15) is 5.69 Å². The zero-order valence-corrected chi connectivity index (χ0v) is 15.8. The van der Waals surface area contributed by atoms with Gasteiger partial charge in [0.05, 0.1) is 0 Å². The Morgan fingerprint density at radius 1 is 1.15 bits per heavy atom. The van der Waals surface area contributed by atoms with Crippen LogP contribution in [0.3, 0.4) is 0 Å². The molecule has 4 amide bonds. The number of benzene rings is 1. The van der Waals surface area contributed by atoms with Crippen molar-refractivity contribution in [1.82, 2.24) is 9.88 Å². The van der Waals surface area contributed by atoms with Gasteiger partial charge < -0.3 is 16.0 Å². The summed E-state index contributed by atoms with van der Waals surface area (Å²) in [5, 5.41) is 7.74. The number of hydrogen-bond acceptors (Lipinski definition) is 5. The zero-order chi connectivity index (χ0) is 19.4. The summed E-state index contributed by atoms with van der Waals surface area (Å²) in [5.74, 6) is -0.729. The number of piperidine rings is 1. The Kier molecular flexibility index (Phi) is 5.92. The number of primary amides is 1. The monoisotopic (exact) mass is 407 g/mol. The number of nitrogens with one attached hydrogen (secondary N) is 2. The van der Waals surface area contributed by atoms with Gasteiger partial charge in [0, 0.05) is 35.1 Å². The van der Waals surface area contributed by atoms with Gasteiger partial charge in [-0.05, 0) is 37.1 Å². The quantitative estimate of drug-likeness (QED) is 0.722. The lowest BCUT2D eigenvalue weighted by Gasteiger charge is -2.29. The van der Waals surface area contributed by atoms with Crippen LogP contribution in [0.1, 0.15) is 23.3 Å². The number of aromatic nitrogens is 1. The number of hydrogen-bond donors (Lipinski definition) is 3. The molecule has 1 saturated heterocycles. The van der Waals surface area contributed by atoms with Gasteiger partial charge in [-0.1, -0.05) is 11.6 Å². The molecule has 1 aliphatic heterocycles. The Morgan fingerprint density at radius 2 is 1.81 bits per heavy atom. The van der Waals surface area contributed by atoms with E-state index in [4.69, 9.17) is 17.3 Å². The topological polar surface area (TPSA) is 117 Å². The second-order valence-electron chi connectivity index (χ2n) is 6.09. The predicted molar refractivity (Wildman–Crippen MR) is 104 cm³/mol. The number of carbonyl (C=O) groups excluding carboxylic acids is 3. The van der Waals surface area contributed by atoms with Crippen LogP contribution in [0.4, 0.5) is 15.6 Å². The molecule has 4 N–H and O–H groups in total. The Bertz CT molecular complexity index is 847. The van der Waals surface area contributed by atoms with Crippen molar-refractivity contribution in [2.24, 2.45) is 11.7 Å². The number of amides is 4. The van der Waals surface area contributed by atoms with Crippen LogP contribution in [-0.2, 0) is 4.79 Å². The highest BCUT2D eigenvalue weighted by atomic mass is 35.5. The molecule has 27 heavy (non-hydrogen) atoms. The fourth-order valence-electron chi connectivity index (χ4n) is 2.75. The first kappa shape index (κ1) is 19.1. The number of carbonyl (C=O) groups is 3. The fourth-order valence-corrected chi connectivity index (χ4v) is 3.56. The molecule has 10 heteroatoms. The minimum atomic E-state index is -0.465. The van der Waals surface area contributed by atoms with E-state index in [1.54, 1.807) is 34.5 Å². The van der Waals surface area contributed by atoms with Crippen LogP contribution in [0.25, 0.3) is 0 Å². The van der Waals surface area contributed by atoms with Crippen molar-refractivity contribution < 1.29 is 14.4 Å². The summed E-state index contributed by atoms with van der Waals surface area (Å²) in [6.45, 7) is 0.924. The average molecular weight is 408 g/mol. The second kappa shape index (κ2) is 8.36. The molecule has 142 valence electrons. The van der Waals surface area contributed by atoms with E-state index in [9.17, 15) is 14.4 Å².